The molecule has 0 aliphatic carbocycles. The van der Waals surface area contributed by atoms with Crippen molar-refractivity contribution in [2.24, 2.45) is 7.05 Å². The van der Waals surface area contributed by atoms with Gasteiger partial charge in [0.05, 0.1) is 0 Å². The van der Waals surface area contributed by atoms with E-state index in [0.29, 0.717) is 0 Å². The Kier molecular flexibility index (Phi) is 1.72. The third-order valence-corrected chi connectivity index (χ3v) is 2.73. The van der Waals surface area contributed by atoms with E-state index in [1.807, 2.05) is 0 Å². The molecule has 0 amide bonds. The van der Waals surface area contributed by atoms with Crippen LogP contribution in [0.4, 0.5) is 0 Å². The molecule has 0 aliphatic heterocycles. The van der Waals surface area contributed by atoms with Gasteiger partial charge in [0.2, 0.25) is 0 Å². The first-order valence-electron chi connectivity index (χ1n) is 3.89. The molecule has 0 atom stereocenters. The second-order valence-electron chi connectivity index (χ2n) is 3.11. The van der Waals surface area contributed by atoms with Gasteiger partial charge in [-0.2, -0.15) is 0 Å². The summed E-state index contributed by atoms with van der Waals surface area (Å²) >= 11 is 3.52. The van der Waals surface area contributed by atoms with Crippen molar-refractivity contribution >= 4 is 26.8 Å². The Hall–Kier alpha value is -0.760. The molecule has 2 rings (SSSR count). The summed E-state index contributed by atoms with van der Waals surface area (Å²) in [6, 6.07) is 6.47. The van der Waals surface area contributed by atoms with Crippen molar-refractivity contribution in [1.29, 1.82) is 0 Å². The molecule has 2 aromatic rings. The monoisotopic (exact) mass is 223 g/mol. The van der Waals surface area contributed by atoms with Gasteiger partial charge >= 0.3 is 0 Å². The molecule has 1 nitrogen and oxygen atoms in total. The topological polar surface area (TPSA) is 4.93 Å². The van der Waals surface area contributed by atoms with Crippen LogP contribution in [0.2, 0.25) is 0 Å². The molecular weight excluding hydrogens is 214 g/mol. The summed E-state index contributed by atoms with van der Waals surface area (Å²) in [6.07, 6.45) is 2.09. The van der Waals surface area contributed by atoms with E-state index in [-0.39, 0.29) is 0 Å². The number of benzene rings is 1. The molecule has 0 saturated carbocycles. The van der Waals surface area contributed by atoms with Gasteiger partial charge in [-0.25, -0.2) is 0 Å². The zero-order chi connectivity index (χ0) is 8.72. The lowest BCUT2D eigenvalue weighted by Gasteiger charge is -1.96. The first kappa shape index (κ1) is 7.87. The number of aromatic nitrogens is 1. The van der Waals surface area contributed by atoms with Gasteiger partial charge in [-0.05, 0) is 34.5 Å². The normalized spacial score (nSPS) is 10.9. The fraction of sp³-hybridized carbons (Fsp3) is 0.200. The zero-order valence-electron chi connectivity index (χ0n) is 7.13. The summed E-state index contributed by atoms with van der Waals surface area (Å²) in [4.78, 5) is 0. The van der Waals surface area contributed by atoms with Gasteiger partial charge in [-0.3, -0.25) is 0 Å². The van der Waals surface area contributed by atoms with Crippen molar-refractivity contribution in [2.45, 2.75) is 6.92 Å². The van der Waals surface area contributed by atoms with Crippen LogP contribution in [-0.4, -0.2) is 4.57 Å². The van der Waals surface area contributed by atoms with Crippen LogP contribution in [0.5, 0.6) is 0 Å². The van der Waals surface area contributed by atoms with Crippen LogP contribution >= 0.6 is 15.9 Å². The molecule has 0 fully saturated rings. The van der Waals surface area contributed by atoms with Crippen molar-refractivity contribution in [2.75, 3.05) is 0 Å². The highest BCUT2D eigenvalue weighted by Gasteiger charge is 2.02. The molecule has 62 valence electrons. The molecule has 0 bridgehead atoms. The van der Waals surface area contributed by atoms with Crippen LogP contribution in [0.3, 0.4) is 0 Å². The Morgan fingerprint density at radius 1 is 1.33 bits per heavy atom. The molecular formula is C10H10BrN. The minimum Gasteiger partial charge on any atom is -0.349 e. The molecule has 1 aromatic heterocycles. The van der Waals surface area contributed by atoms with Gasteiger partial charge in [0.1, 0.15) is 0 Å². The quantitative estimate of drug-likeness (QED) is 0.647. The number of rotatable bonds is 0. The van der Waals surface area contributed by atoms with Crippen LogP contribution in [0, 0.1) is 6.92 Å². The zero-order valence-corrected chi connectivity index (χ0v) is 8.72. The Balaban J connectivity index is 2.90. The Morgan fingerprint density at radius 2 is 2.08 bits per heavy atom. The van der Waals surface area contributed by atoms with Crippen molar-refractivity contribution in [3.05, 3.63) is 34.4 Å². The molecule has 1 heterocycles. The minimum atomic E-state index is 1.17. The SMILES string of the molecule is Cc1ccc2c(Br)cn(C)c2c1. The molecule has 0 N–H and O–H groups in total. The molecule has 0 saturated heterocycles. The summed E-state index contributed by atoms with van der Waals surface area (Å²) in [5.41, 5.74) is 2.58. The molecule has 0 unspecified atom stereocenters. The van der Waals surface area contributed by atoms with Crippen LogP contribution in [0.25, 0.3) is 10.9 Å². The Labute approximate surface area is 80.1 Å². The number of nitrogens with zero attached hydrogens (tertiary/aromatic N) is 1. The summed E-state index contributed by atoms with van der Waals surface area (Å²) in [5, 5.41) is 1.28. The summed E-state index contributed by atoms with van der Waals surface area (Å²) in [6.45, 7) is 2.11. The predicted molar refractivity (Wildman–Crippen MR) is 55.4 cm³/mol. The fourth-order valence-electron chi connectivity index (χ4n) is 1.44. The lowest BCUT2D eigenvalue weighted by atomic mass is 10.2. The molecule has 0 spiro atoms. The van der Waals surface area contributed by atoms with E-state index in [4.69, 9.17) is 0 Å². The van der Waals surface area contributed by atoms with Crippen LogP contribution in [0.15, 0.2) is 28.9 Å². The Morgan fingerprint density at radius 3 is 2.83 bits per heavy atom. The van der Waals surface area contributed by atoms with E-state index in [2.05, 4.69) is 58.9 Å². The second-order valence-corrected chi connectivity index (χ2v) is 3.96. The van der Waals surface area contributed by atoms with Gasteiger partial charge in [-0.1, -0.05) is 12.1 Å². The lowest BCUT2D eigenvalue weighted by Crippen LogP contribution is -1.83. The summed E-state index contributed by atoms with van der Waals surface area (Å²) in [7, 11) is 2.06. The third-order valence-electron chi connectivity index (χ3n) is 2.10. The molecule has 12 heavy (non-hydrogen) atoms. The average Bonchev–Trinajstić information content (AvgIpc) is 2.28. The Bertz CT molecular complexity index is 429. The maximum Gasteiger partial charge on any atom is 0.0492 e. The van der Waals surface area contributed by atoms with Crippen molar-refractivity contribution in [1.82, 2.24) is 4.57 Å². The second kappa shape index (κ2) is 2.63. The van der Waals surface area contributed by atoms with E-state index in [0.717, 1.165) is 0 Å². The maximum atomic E-state index is 3.52. The van der Waals surface area contributed by atoms with E-state index >= 15 is 0 Å². The van der Waals surface area contributed by atoms with E-state index in [1.54, 1.807) is 0 Å². The van der Waals surface area contributed by atoms with Crippen LogP contribution < -0.4 is 0 Å². The summed E-state index contributed by atoms with van der Waals surface area (Å²) in [5.74, 6) is 0. The molecule has 0 radical (unpaired) electrons. The first-order chi connectivity index (χ1) is 5.68. The van der Waals surface area contributed by atoms with E-state index in [9.17, 15) is 0 Å². The third kappa shape index (κ3) is 1.07. The van der Waals surface area contributed by atoms with Crippen molar-refractivity contribution in [3.63, 3.8) is 0 Å². The standard InChI is InChI=1S/C10H10BrN/c1-7-3-4-8-9(11)6-12(2)10(8)5-7/h3-6H,1-2H3. The van der Waals surface area contributed by atoms with Crippen LogP contribution in [-0.2, 0) is 7.05 Å². The van der Waals surface area contributed by atoms with Gasteiger partial charge in [0.25, 0.3) is 0 Å². The largest absolute Gasteiger partial charge is 0.349 e. The maximum absolute atomic E-state index is 3.52. The number of halogens is 1. The highest BCUT2D eigenvalue weighted by molar-refractivity contribution is 9.10. The molecule has 1 aromatic carbocycles. The lowest BCUT2D eigenvalue weighted by molar-refractivity contribution is 0.966. The molecule has 0 aliphatic rings. The highest BCUT2D eigenvalue weighted by Crippen LogP contribution is 2.25. The van der Waals surface area contributed by atoms with Gasteiger partial charge in [-0.15, -0.1) is 0 Å². The average molecular weight is 224 g/mol. The molecule has 2 heteroatoms. The predicted octanol–water partition coefficient (Wildman–Crippen LogP) is 3.25. The summed E-state index contributed by atoms with van der Waals surface area (Å²) < 4.78 is 3.30. The van der Waals surface area contributed by atoms with Gasteiger partial charge < -0.3 is 4.57 Å². The van der Waals surface area contributed by atoms with Gasteiger partial charge in [0, 0.05) is 28.6 Å². The van der Waals surface area contributed by atoms with Crippen molar-refractivity contribution < 1.29 is 0 Å². The van der Waals surface area contributed by atoms with Crippen LogP contribution in [0.1, 0.15) is 5.56 Å². The number of hydrogen-bond donors (Lipinski definition) is 0. The van der Waals surface area contributed by atoms with E-state index < -0.39 is 0 Å². The highest BCUT2D eigenvalue weighted by atomic mass is 79.9. The first-order valence-corrected chi connectivity index (χ1v) is 4.69. The minimum absolute atomic E-state index is 1.17. The smallest absolute Gasteiger partial charge is 0.0492 e. The van der Waals surface area contributed by atoms with Crippen molar-refractivity contribution in [3.8, 4) is 0 Å². The van der Waals surface area contributed by atoms with Gasteiger partial charge in [0.15, 0.2) is 0 Å². The van der Waals surface area contributed by atoms with E-state index in [1.165, 1.54) is 20.9 Å². The number of aryl methyl sites for hydroxylation is 2. The number of hydrogen-bond acceptors (Lipinski definition) is 0. The fourth-order valence-corrected chi connectivity index (χ4v) is 2.09. The number of fused-ring (bicyclic) bond motifs is 1.